The summed E-state index contributed by atoms with van der Waals surface area (Å²) in [6, 6.07) is 12.1. The monoisotopic (exact) mass is 342 g/mol. The highest BCUT2D eigenvalue weighted by atomic mass is 32.2. The van der Waals surface area contributed by atoms with Crippen molar-refractivity contribution < 1.29 is 9.18 Å². The molecule has 1 aliphatic heterocycles. The lowest BCUT2D eigenvalue weighted by Crippen LogP contribution is -2.33. The highest BCUT2D eigenvalue weighted by Gasteiger charge is 2.23. The number of halogens is 1. The van der Waals surface area contributed by atoms with Crippen molar-refractivity contribution in [2.75, 3.05) is 5.75 Å². The summed E-state index contributed by atoms with van der Waals surface area (Å²) in [5, 5.41) is 11.1. The van der Waals surface area contributed by atoms with Crippen LogP contribution in [0, 0.1) is 5.82 Å². The number of carbonyl (C=O) groups excluding carboxylic acids is 1. The minimum absolute atomic E-state index is 0.0921. The fourth-order valence-corrected chi connectivity index (χ4v) is 4.03. The van der Waals surface area contributed by atoms with E-state index in [4.69, 9.17) is 0 Å². The minimum atomic E-state index is -0.280. The number of rotatable bonds is 3. The van der Waals surface area contributed by atoms with Crippen molar-refractivity contribution in [1.29, 1.82) is 0 Å². The lowest BCUT2D eigenvalue weighted by Gasteiger charge is -2.26. The molecule has 0 spiro atoms. The zero-order valence-electron chi connectivity index (χ0n) is 12.8. The molecule has 5 nitrogen and oxygen atoms in total. The molecular formula is C17H15FN4OS. The Balaban J connectivity index is 1.52. The number of carbonyl (C=O) groups is 1. The van der Waals surface area contributed by atoms with Crippen LogP contribution in [0.3, 0.4) is 0 Å². The summed E-state index contributed by atoms with van der Waals surface area (Å²) in [5.41, 5.74) is 2.42. The standard InChI is InChI=1S/C17H15FN4OS/c18-11-5-6-16-12(9-11)13(7-8-24-16)19-17(23)10-22-15-4-2-1-3-14(15)20-21-22/h1-6,9,13H,7-8,10H2,(H,19,23). The number of fused-ring (bicyclic) bond motifs is 2. The van der Waals surface area contributed by atoms with Gasteiger partial charge in [-0.2, -0.15) is 0 Å². The maximum absolute atomic E-state index is 13.5. The number of nitrogens with one attached hydrogen (secondary N) is 1. The fraction of sp³-hybridized carbons (Fsp3) is 0.235. The first-order valence-electron chi connectivity index (χ1n) is 7.70. The van der Waals surface area contributed by atoms with E-state index >= 15 is 0 Å². The van der Waals surface area contributed by atoms with Crippen LogP contribution in [0.5, 0.6) is 0 Å². The van der Waals surface area contributed by atoms with Crippen molar-refractivity contribution in [2.45, 2.75) is 23.9 Å². The maximum atomic E-state index is 13.5. The molecule has 0 aliphatic carbocycles. The van der Waals surface area contributed by atoms with Gasteiger partial charge in [-0.05, 0) is 42.3 Å². The molecule has 4 rings (SSSR count). The lowest BCUT2D eigenvalue weighted by atomic mass is 10.0. The molecule has 0 fully saturated rings. The molecule has 0 saturated heterocycles. The van der Waals surface area contributed by atoms with E-state index in [2.05, 4.69) is 15.6 Å². The number of amides is 1. The zero-order chi connectivity index (χ0) is 16.5. The molecule has 0 radical (unpaired) electrons. The molecule has 122 valence electrons. The molecular weight excluding hydrogens is 327 g/mol. The molecule has 2 heterocycles. The Kier molecular flexibility index (Phi) is 3.93. The molecule has 24 heavy (non-hydrogen) atoms. The van der Waals surface area contributed by atoms with E-state index in [0.717, 1.165) is 33.7 Å². The summed E-state index contributed by atoms with van der Waals surface area (Å²) in [6.45, 7) is 0.0921. The van der Waals surface area contributed by atoms with Crippen molar-refractivity contribution in [3.8, 4) is 0 Å². The van der Waals surface area contributed by atoms with Crippen molar-refractivity contribution in [1.82, 2.24) is 20.3 Å². The molecule has 0 bridgehead atoms. The summed E-state index contributed by atoms with van der Waals surface area (Å²) < 4.78 is 15.1. The maximum Gasteiger partial charge on any atom is 0.242 e. The van der Waals surface area contributed by atoms with Crippen LogP contribution >= 0.6 is 11.8 Å². The number of hydrogen-bond donors (Lipinski definition) is 1. The number of benzene rings is 2. The summed E-state index contributed by atoms with van der Waals surface area (Å²) in [5.74, 6) is 0.464. The van der Waals surface area contributed by atoms with E-state index in [1.807, 2.05) is 24.3 Å². The van der Waals surface area contributed by atoms with E-state index in [1.165, 1.54) is 12.1 Å². The first-order chi connectivity index (χ1) is 11.7. The first kappa shape index (κ1) is 15.1. The normalized spacial score (nSPS) is 16.8. The van der Waals surface area contributed by atoms with Gasteiger partial charge in [0.25, 0.3) is 0 Å². The molecule has 7 heteroatoms. The molecule has 1 amide bonds. The van der Waals surface area contributed by atoms with Crippen molar-refractivity contribution in [2.24, 2.45) is 0 Å². The predicted octanol–water partition coefficient (Wildman–Crippen LogP) is 2.92. The van der Waals surface area contributed by atoms with Gasteiger partial charge >= 0.3 is 0 Å². The number of hydrogen-bond acceptors (Lipinski definition) is 4. The molecule has 3 aromatic rings. The molecule has 2 aromatic carbocycles. The van der Waals surface area contributed by atoms with Crippen molar-refractivity contribution >= 4 is 28.7 Å². The highest BCUT2D eigenvalue weighted by Crippen LogP contribution is 2.36. The van der Waals surface area contributed by atoms with Gasteiger partial charge in [0.05, 0.1) is 11.6 Å². The van der Waals surface area contributed by atoms with Crippen molar-refractivity contribution in [3.05, 3.63) is 53.8 Å². The van der Waals surface area contributed by atoms with Crippen LogP contribution in [0.25, 0.3) is 11.0 Å². The van der Waals surface area contributed by atoms with Crippen LogP contribution in [0.2, 0.25) is 0 Å². The topological polar surface area (TPSA) is 59.8 Å². The van der Waals surface area contributed by atoms with E-state index in [1.54, 1.807) is 22.5 Å². The molecule has 1 unspecified atom stereocenters. The minimum Gasteiger partial charge on any atom is -0.348 e. The molecule has 0 saturated carbocycles. The third-order valence-corrected chi connectivity index (χ3v) is 5.18. The average molecular weight is 342 g/mol. The van der Waals surface area contributed by atoms with Crippen molar-refractivity contribution in [3.63, 3.8) is 0 Å². The third kappa shape index (κ3) is 2.87. The van der Waals surface area contributed by atoms with E-state index in [9.17, 15) is 9.18 Å². The van der Waals surface area contributed by atoms with Crippen LogP contribution in [0.4, 0.5) is 4.39 Å². The van der Waals surface area contributed by atoms with Gasteiger partial charge in [0, 0.05) is 10.6 Å². The van der Waals surface area contributed by atoms with Crippen LogP contribution in [-0.2, 0) is 11.3 Å². The second-order valence-corrected chi connectivity index (χ2v) is 6.81. The van der Waals surface area contributed by atoms with Crippen LogP contribution in [0.1, 0.15) is 18.0 Å². The first-order valence-corrected chi connectivity index (χ1v) is 8.69. The lowest BCUT2D eigenvalue weighted by molar-refractivity contribution is -0.122. The van der Waals surface area contributed by atoms with Gasteiger partial charge in [0.15, 0.2) is 0 Å². The van der Waals surface area contributed by atoms with Crippen LogP contribution in [-0.4, -0.2) is 26.7 Å². The van der Waals surface area contributed by atoms with Gasteiger partial charge in [-0.1, -0.05) is 17.3 Å². The number of thioether (sulfide) groups is 1. The third-order valence-electron chi connectivity index (χ3n) is 4.06. The van der Waals surface area contributed by atoms with Gasteiger partial charge in [-0.25, -0.2) is 9.07 Å². The number of nitrogens with zero attached hydrogens (tertiary/aromatic N) is 3. The second-order valence-electron chi connectivity index (χ2n) is 5.68. The Morgan fingerprint density at radius 1 is 1.33 bits per heavy atom. The van der Waals surface area contributed by atoms with Gasteiger partial charge in [-0.3, -0.25) is 4.79 Å². The quantitative estimate of drug-likeness (QED) is 0.795. The Morgan fingerprint density at radius 2 is 2.21 bits per heavy atom. The second kappa shape index (κ2) is 6.24. The fourth-order valence-electron chi connectivity index (χ4n) is 2.93. The SMILES string of the molecule is O=C(Cn1nnc2ccccc21)NC1CCSc2ccc(F)cc21. The summed E-state index contributed by atoms with van der Waals surface area (Å²) in [4.78, 5) is 13.4. The average Bonchev–Trinajstić information content (AvgIpc) is 2.98. The van der Waals surface area contributed by atoms with E-state index in [0.29, 0.717) is 0 Å². The summed E-state index contributed by atoms with van der Waals surface area (Å²) in [7, 11) is 0. The Morgan fingerprint density at radius 3 is 3.12 bits per heavy atom. The molecule has 1 aliphatic rings. The highest BCUT2D eigenvalue weighted by molar-refractivity contribution is 7.99. The van der Waals surface area contributed by atoms with E-state index < -0.39 is 0 Å². The summed E-state index contributed by atoms with van der Waals surface area (Å²) in [6.07, 6.45) is 0.783. The van der Waals surface area contributed by atoms with Gasteiger partial charge in [0.1, 0.15) is 17.9 Å². The molecule has 1 atom stereocenters. The van der Waals surface area contributed by atoms with Crippen LogP contribution < -0.4 is 5.32 Å². The largest absolute Gasteiger partial charge is 0.348 e. The van der Waals surface area contributed by atoms with Crippen LogP contribution in [0.15, 0.2) is 47.4 Å². The van der Waals surface area contributed by atoms with Gasteiger partial charge in [0.2, 0.25) is 5.91 Å². The smallest absolute Gasteiger partial charge is 0.242 e. The van der Waals surface area contributed by atoms with Gasteiger partial charge < -0.3 is 5.32 Å². The number of para-hydroxylation sites is 1. The Hall–Kier alpha value is -2.41. The summed E-state index contributed by atoms with van der Waals surface area (Å²) >= 11 is 1.69. The Labute approximate surface area is 142 Å². The van der Waals surface area contributed by atoms with E-state index in [-0.39, 0.29) is 24.3 Å². The number of aromatic nitrogens is 3. The zero-order valence-corrected chi connectivity index (χ0v) is 13.6. The predicted molar refractivity (Wildman–Crippen MR) is 90.2 cm³/mol. The molecule has 1 aromatic heterocycles. The Bertz CT molecular complexity index is 910. The van der Waals surface area contributed by atoms with Gasteiger partial charge in [-0.15, -0.1) is 16.9 Å². The molecule has 1 N–H and O–H groups in total.